The Morgan fingerprint density at radius 3 is 2.75 bits per heavy atom. The molecular weight excluding hydrogens is 226 g/mol. The van der Waals surface area contributed by atoms with Crippen LogP contribution in [0.1, 0.15) is 24.0 Å². The van der Waals surface area contributed by atoms with Gasteiger partial charge in [-0.25, -0.2) is 0 Å². The molecule has 0 radical (unpaired) electrons. The normalized spacial score (nSPS) is 17.1. The Hall–Kier alpha value is -1.22. The van der Waals surface area contributed by atoms with Gasteiger partial charge in [-0.3, -0.25) is 0 Å². The van der Waals surface area contributed by atoms with Crippen LogP contribution in [0.2, 0.25) is 5.02 Å². The van der Waals surface area contributed by atoms with Crippen molar-refractivity contribution in [1.82, 2.24) is 0 Å². The molecule has 4 heteroatoms. The molecule has 0 unspecified atom stereocenters. The zero-order chi connectivity index (χ0) is 11.5. The summed E-state index contributed by atoms with van der Waals surface area (Å²) in [6, 6.07) is 3.84. The fourth-order valence-electron chi connectivity index (χ4n) is 2.05. The molecule has 0 amide bonds. The van der Waals surface area contributed by atoms with E-state index in [1.807, 2.05) is 12.1 Å². The Labute approximate surface area is 100.0 Å². The fourth-order valence-corrected chi connectivity index (χ4v) is 2.38. The van der Waals surface area contributed by atoms with Crippen LogP contribution < -0.4 is 4.74 Å². The summed E-state index contributed by atoms with van der Waals surface area (Å²) >= 11 is 6.24. The van der Waals surface area contributed by atoms with Crippen molar-refractivity contribution in [3.05, 3.63) is 28.3 Å². The van der Waals surface area contributed by atoms with E-state index in [2.05, 4.69) is 5.16 Å². The highest BCUT2D eigenvalue weighted by molar-refractivity contribution is 6.34. The minimum absolute atomic E-state index is 0.685. The average Bonchev–Trinajstić information content (AvgIpc) is 2.29. The third-order valence-corrected chi connectivity index (χ3v) is 3.03. The van der Waals surface area contributed by atoms with Crippen LogP contribution in [0.3, 0.4) is 0 Å². The highest BCUT2D eigenvalue weighted by Crippen LogP contribution is 2.32. The van der Waals surface area contributed by atoms with Gasteiger partial charge in [-0.15, -0.1) is 0 Å². The van der Waals surface area contributed by atoms with E-state index in [1.54, 1.807) is 14.2 Å². The summed E-state index contributed by atoms with van der Waals surface area (Å²) in [5.41, 5.74) is 3.12. The molecule has 0 atom stereocenters. The first kappa shape index (κ1) is 11.3. The van der Waals surface area contributed by atoms with E-state index in [0.717, 1.165) is 36.3 Å². The molecule has 2 rings (SSSR count). The van der Waals surface area contributed by atoms with Crippen LogP contribution >= 0.6 is 11.6 Å². The predicted molar refractivity (Wildman–Crippen MR) is 64.5 cm³/mol. The van der Waals surface area contributed by atoms with E-state index in [0.29, 0.717) is 5.02 Å². The number of methoxy groups -OCH3 is 1. The highest BCUT2D eigenvalue weighted by atomic mass is 35.5. The van der Waals surface area contributed by atoms with E-state index >= 15 is 0 Å². The molecule has 3 nitrogen and oxygen atoms in total. The van der Waals surface area contributed by atoms with Crippen LogP contribution in [0.5, 0.6) is 5.75 Å². The summed E-state index contributed by atoms with van der Waals surface area (Å²) in [7, 11) is 3.20. The fraction of sp³-hybridized carbons (Fsp3) is 0.417. The summed E-state index contributed by atoms with van der Waals surface area (Å²) in [4.78, 5) is 4.85. The Balaban J connectivity index is 2.52. The summed E-state index contributed by atoms with van der Waals surface area (Å²) in [6.07, 6.45) is 2.99. The molecule has 0 fully saturated rings. The molecule has 1 aromatic carbocycles. The second-order valence-electron chi connectivity index (χ2n) is 3.72. The van der Waals surface area contributed by atoms with Crippen molar-refractivity contribution in [1.29, 1.82) is 0 Å². The summed E-state index contributed by atoms with van der Waals surface area (Å²) in [6.45, 7) is 0. The Kier molecular flexibility index (Phi) is 3.34. The molecule has 0 aliphatic heterocycles. The lowest BCUT2D eigenvalue weighted by atomic mass is 9.90. The number of nitrogens with zero attached hydrogens (tertiary/aromatic N) is 1. The van der Waals surface area contributed by atoms with Crippen LogP contribution in [0, 0.1) is 0 Å². The largest absolute Gasteiger partial charge is 0.497 e. The molecule has 0 spiro atoms. The van der Waals surface area contributed by atoms with Crippen molar-refractivity contribution in [2.75, 3.05) is 14.2 Å². The molecular formula is C12H14ClNO2. The molecule has 1 aliphatic rings. The Bertz CT molecular complexity index is 429. The molecule has 0 saturated carbocycles. The third kappa shape index (κ3) is 2.00. The molecule has 16 heavy (non-hydrogen) atoms. The molecule has 0 bridgehead atoms. The van der Waals surface area contributed by atoms with Crippen LogP contribution in [-0.4, -0.2) is 19.9 Å². The lowest BCUT2D eigenvalue weighted by Crippen LogP contribution is -2.13. The summed E-state index contributed by atoms with van der Waals surface area (Å²) < 4.78 is 5.20. The van der Waals surface area contributed by atoms with E-state index < -0.39 is 0 Å². The Morgan fingerprint density at radius 1 is 1.25 bits per heavy atom. The van der Waals surface area contributed by atoms with Crippen LogP contribution in [0.15, 0.2) is 17.3 Å². The van der Waals surface area contributed by atoms with Gasteiger partial charge in [0.25, 0.3) is 0 Å². The number of aryl methyl sites for hydroxylation is 1. The van der Waals surface area contributed by atoms with Gasteiger partial charge in [0.2, 0.25) is 0 Å². The SMILES string of the molecule is CO/N=C1\CCCc2cc(OC)cc(Cl)c21. The van der Waals surface area contributed by atoms with Crippen molar-refractivity contribution in [3.63, 3.8) is 0 Å². The van der Waals surface area contributed by atoms with Gasteiger partial charge >= 0.3 is 0 Å². The topological polar surface area (TPSA) is 30.8 Å². The van der Waals surface area contributed by atoms with Crippen LogP contribution in [0.25, 0.3) is 0 Å². The third-order valence-electron chi connectivity index (χ3n) is 2.73. The maximum Gasteiger partial charge on any atom is 0.120 e. The minimum Gasteiger partial charge on any atom is -0.497 e. The molecule has 86 valence electrons. The molecule has 1 aromatic rings. The quantitative estimate of drug-likeness (QED) is 0.743. The van der Waals surface area contributed by atoms with Crippen molar-refractivity contribution >= 4 is 17.3 Å². The van der Waals surface area contributed by atoms with Crippen LogP contribution in [0.4, 0.5) is 0 Å². The first-order chi connectivity index (χ1) is 7.76. The van der Waals surface area contributed by atoms with Gasteiger partial charge in [-0.1, -0.05) is 16.8 Å². The number of hydrogen-bond donors (Lipinski definition) is 0. The summed E-state index contributed by atoms with van der Waals surface area (Å²) in [5.74, 6) is 0.794. The van der Waals surface area contributed by atoms with Crippen LogP contribution in [-0.2, 0) is 11.3 Å². The second kappa shape index (κ2) is 4.74. The lowest BCUT2D eigenvalue weighted by Gasteiger charge is -2.19. The highest BCUT2D eigenvalue weighted by Gasteiger charge is 2.20. The number of hydrogen-bond acceptors (Lipinski definition) is 3. The molecule has 0 heterocycles. The summed E-state index contributed by atoms with van der Waals surface area (Å²) in [5, 5.41) is 4.72. The number of fused-ring (bicyclic) bond motifs is 1. The second-order valence-corrected chi connectivity index (χ2v) is 4.12. The predicted octanol–water partition coefficient (Wildman–Crippen LogP) is 3.04. The van der Waals surface area contributed by atoms with E-state index in [-0.39, 0.29) is 0 Å². The zero-order valence-corrected chi connectivity index (χ0v) is 10.2. The number of halogens is 1. The molecule has 0 aromatic heterocycles. The van der Waals surface area contributed by atoms with Gasteiger partial charge in [0.1, 0.15) is 12.9 Å². The number of oxime groups is 1. The number of rotatable bonds is 2. The van der Waals surface area contributed by atoms with E-state index in [9.17, 15) is 0 Å². The average molecular weight is 240 g/mol. The van der Waals surface area contributed by atoms with Crippen molar-refractivity contribution in [2.24, 2.45) is 5.16 Å². The molecule has 1 aliphatic carbocycles. The molecule has 0 saturated heterocycles. The number of ether oxygens (including phenoxy) is 1. The van der Waals surface area contributed by atoms with Gasteiger partial charge in [0, 0.05) is 5.56 Å². The van der Waals surface area contributed by atoms with Gasteiger partial charge in [-0.2, -0.15) is 0 Å². The van der Waals surface area contributed by atoms with Crippen molar-refractivity contribution in [2.45, 2.75) is 19.3 Å². The monoisotopic (exact) mass is 239 g/mol. The zero-order valence-electron chi connectivity index (χ0n) is 9.42. The van der Waals surface area contributed by atoms with Gasteiger partial charge in [0.15, 0.2) is 0 Å². The van der Waals surface area contributed by atoms with Gasteiger partial charge in [0.05, 0.1) is 17.8 Å². The van der Waals surface area contributed by atoms with E-state index in [4.69, 9.17) is 21.2 Å². The van der Waals surface area contributed by atoms with Crippen molar-refractivity contribution < 1.29 is 9.57 Å². The number of benzene rings is 1. The maximum atomic E-state index is 6.24. The maximum absolute atomic E-state index is 6.24. The lowest BCUT2D eigenvalue weighted by molar-refractivity contribution is 0.212. The standard InChI is InChI=1S/C12H14ClNO2/c1-15-9-6-8-4-3-5-11(14-16-2)12(8)10(13)7-9/h6-7H,3-5H2,1-2H3/b14-11+. The van der Waals surface area contributed by atoms with Crippen molar-refractivity contribution in [3.8, 4) is 5.75 Å². The minimum atomic E-state index is 0.685. The smallest absolute Gasteiger partial charge is 0.120 e. The first-order valence-electron chi connectivity index (χ1n) is 5.23. The van der Waals surface area contributed by atoms with Gasteiger partial charge in [-0.05, 0) is 37.0 Å². The first-order valence-corrected chi connectivity index (χ1v) is 5.61. The van der Waals surface area contributed by atoms with Gasteiger partial charge < -0.3 is 9.57 Å². The van der Waals surface area contributed by atoms with E-state index in [1.165, 1.54) is 5.56 Å². The Morgan fingerprint density at radius 2 is 2.06 bits per heavy atom. The molecule has 0 N–H and O–H groups in total.